The van der Waals surface area contributed by atoms with E-state index in [-0.39, 0.29) is 18.5 Å². The first-order valence-electron chi connectivity index (χ1n) is 33.6. The summed E-state index contributed by atoms with van der Waals surface area (Å²) in [5.74, 6) is -0.0588. The fourth-order valence-electron chi connectivity index (χ4n) is 10.6. The summed E-state index contributed by atoms with van der Waals surface area (Å²) in [5, 5.41) is 23.2. The van der Waals surface area contributed by atoms with Gasteiger partial charge < -0.3 is 20.3 Å². The molecular formula is C68H131NO5. The lowest BCUT2D eigenvalue weighted by molar-refractivity contribution is -0.143. The third kappa shape index (κ3) is 59.6. The fraction of sp³-hybridized carbons (Fsp3) is 0.912. The number of unbranched alkanes of at least 4 members (excludes halogenated alkanes) is 50. The predicted octanol–water partition coefficient (Wildman–Crippen LogP) is 21.4. The molecule has 6 heteroatoms. The number of rotatable bonds is 63. The zero-order valence-electron chi connectivity index (χ0n) is 50.1. The summed E-state index contributed by atoms with van der Waals surface area (Å²) in [6, 6.07) is -0.631. The van der Waals surface area contributed by atoms with Crippen LogP contribution in [0.5, 0.6) is 0 Å². The van der Waals surface area contributed by atoms with E-state index in [4.69, 9.17) is 4.74 Å². The molecule has 0 aliphatic heterocycles. The molecule has 0 spiro atoms. The SMILES string of the molecule is CCCCCCCC/C=C\CCCCCCCCCCCC(=O)OCCCCCCCCCCCCCCCCCCCCCC(=O)NC(CO)C(O)/C=C/CCCCCCCCCCCCCCCCCCC. The van der Waals surface area contributed by atoms with Crippen molar-refractivity contribution in [3.8, 4) is 0 Å². The highest BCUT2D eigenvalue weighted by Crippen LogP contribution is 2.18. The summed E-state index contributed by atoms with van der Waals surface area (Å²) < 4.78 is 5.50. The maximum Gasteiger partial charge on any atom is 0.305 e. The average molecular weight is 1040 g/mol. The van der Waals surface area contributed by atoms with Gasteiger partial charge in [-0.15, -0.1) is 0 Å². The fourth-order valence-corrected chi connectivity index (χ4v) is 10.6. The molecule has 0 saturated carbocycles. The number of allylic oxidation sites excluding steroid dienone is 3. The van der Waals surface area contributed by atoms with E-state index in [0.29, 0.717) is 19.4 Å². The Bertz CT molecular complexity index is 1150. The van der Waals surface area contributed by atoms with Crippen molar-refractivity contribution < 1.29 is 24.5 Å². The normalized spacial score (nSPS) is 12.6. The van der Waals surface area contributed by atoms with E-state index in [1.807, 2.05) is 6.08 Å². The molecule has 2 unspecified atom stereocenters. The lowest BCUT2D eigenvalue weighted by Crippen LogP contribution is -2.45. The van der Waals surface area contributed by atoms with Gasteiger partial charge >= 0.3 is 5.97 Å². The summed E-state index contributed by atoms with van der Waals surface area (Å²) in [7, 11) is 0. The van der Waals surface area contributed by atoms with Gasteiger partial charge in [-0.05, 0) is 57.8 Å². The number of ether oxygens (including phenoxy) is 1. The predicted molar refractivity (Wildman–Crippen MR) is 324 cm³/mol. The molecule has 0 aliphatic carbocycles. The Morgan fingerprint density at radius 3 is 0.959 bits per heavy atom. The molecule has 1 amide bonds. The molecule has 0 aromatic rings. The van der Waals surface area contributed by atoms with Gasteiger partial charge in [-0.2, -0.15) is 0 Å². The smallest absolute Gasteiger partial charge is 0.305 e. The number of hydrogen-bond acceptors (Lipinski definition) is 5. The molecule has 0 aromatic carbocycles. The van der Waals surface area contributed by atoms with Gasteiger partial charge in [-0.3, -0.25) is 9.59 Å². The van der Waals surface area contributed by atoms with E-state index in [9.17, 15) is 19.8 Å². The molecule has 74 heavy (non-hydrogen) atoms. The Labute approximate surface area is 462 Å². The highest BCUT2D eigenvalue weighted by molar-refractivity contribution is 5.76. The van der Waals surface area contributed by atoms with E-state index in [1.54, 1.807) is 6.08 Å². The molecule has 2 atom stereocenters. The third-order valence-corrected chi connectivity index (χ3v) is 15.7. The maximum atomic E-state index is 12.5. The first-order valence-corrected chi connectivity index (χ1v) is 33.6. The van der Waals surface area contributed by atoms with Gasteiger partial charge in [0.15, 0.2) is 0 Å². The molecule has 0 heterocycles. The Balaban J connectivity index is 3.41. The monoisotopic (exact) mass is 1040 g/mol. The van der Waals surface area contributed by atoms with Crippen molar-refractivity contribution >= 4 is 11.9 Å². The molecule has 438 valence electrons. The Morgan fingerprint density at radius 1 is 0.365 bits per heavy atom. The van der Waals surface area contributed by atoms with Gasteiger partial charge in [0, 0.05) is 12.8 Å². The van der Waals surface area contributed by atoms with Crippen molar-refractivity contribution in [3.05, 3.63) is 24.3 Å². The first kappa shape index (κ1) is 72.3. The lowest BCUT2D eigenvalue weighted by atomic mass is 10.0. The molecular weight excluding hydrogens is 911 g/mol. The van der Waals surface area contributed by atoms with Crippen LogP contribution >= 0.6 is 0 Å². The Kier molecular flexibility index (Phi) is 62.4. The molecule has 0 fully saturated rings. The molecule has 0 radical (unpaired) electrons. The number of aliphatic hydroxyl groups excluding tert-OH is 2. The second-order valence-corrected chi connectivity index (χ2v) is 23.2. The number of carbonyl (C=O) groups excluding carboxylic acids is 2. The van der Waals surface area contributed by atoms with Crippen molar-refractivity contribution in [2.45, 2.75) is 386 Å². The van der Waals surface area contributed by atoms with Crippen LogP contribution in [-0.4, -0.2) is 47.4 Å². The standard InChI is InChI=1S/C68H131NO5/c1-3-5-7-9-11-13-15-17-19-21-24-28-32-36-40-44-48-52-56-60-66(71)65(64-70)69-67(72)61-57-53-49-45-41-37-33-29-26-23-27-31-35-39-43-47-51-55-59-63-74-68(73)62-58-54-50-46-42-38-34-30-25-22-20-18-16-14-12-10-8-6-4-2/h18,20,56,60,65-66,70-71H,3-17,19,21-55,57-59,61-64H2,1-2H3,(H,69,72)/b20-18-,60-56+. The van der Waals surface area contributed by atoms with Gasteiger partial charge in [0.25, 0.3) is 0 Å². The highest BCUT2D eigenvalue weighted by atomic mass is 16.5. The molecule has 0 aliphatic rings. The first-order chi connectivity index (χ1) is 36.5. The molecule has 0 aromatic heterocycles. The third-order valence-electron chi connectivity index (χ3n) is 15.7. The molecule has 0 saturated heterocycles. The van der Waals surface area contributed by atoms with Crippen LogP contribution in [0.2, 0.25) is 0 Å². The van der Waals surface area contributed by atoms with E-state index in [1.165, 1.54) is 302 Å². The summed E-state index contributed by atoms with van der Waals surface area (Å²) >= 11 is 0. The average Bonchev–Trinajstić information content (AvgIpc) is 3.40. The summed E-state index contributed by atoms with van der Waals surface area (Å²) in [6.45, 7) is 4.93. The van der Waals surface area contributed by atoms with Gasteiger partial charge in [0.2, 0.25) is 5.91 Å². The van der Waals surface area contributed by atoms with Gasteiger partial charge in [0.1, 0.15) is 0 Å². The summed E-state index contributed by atoms with van der Waals surface area (Å²) in [4.78, 5) is 24.6. The van der Waals surface area contributed by atoms with Crippen LogP contribution in [0.4, 0.5) is 0 Å². The van der Waals surface area contributed by atoms with E-state index < -0.39 is 12.1 Å². The molecule has 3 N–H and O–H groups in total. The summed E-state index contributed by atoms with van der Waals surface area (Å²) in [5.41, 5.74) is 0. The minimum atomic E-state index is -0.847. The van der Waals surface area contributed by atoms with Crippen LogP contribution in [0.1, 0.15) is 373 Å². The molecule has 6 nitrogen and oxygen atoms in total. The van der Waals surface area contributed by atoms with Crippen LogP contribution < -0.4 is 5.32 Å². The minimum Gasteiger partial charge on any atom is -0.466 e. The van der Waals surface area contributed by atoms with Crippen LogP contribution in [0, 0.1) is 0 Å². The van der Waals surface area contributed by atoms with Gasteiger partial charge in [-0.1, -0.05) is 327 Å². The van der Waals surface area contributed by atoms with Crippen LogP contribution in [0.15, 0.2) is 24.3 Å². The van der Waals surface area contributed by atoms with E-state index in [0.717, 1.165) is 44.9 Å². The number of hydrogen-bond donors (Lipinski definition) is 3. The Hall–Kier alpha value is -1.66. The number of aliphatic hydroxyl groups is 2. The van der Waals surface area contributed by atoms with Crippen molar-refractivity contribution in [2.75, 3.05) is 13.2 Å². The quantitative estimate of drug-likeness (QED) is 0.0320. The van der Waals surface area contributed by atoms with Gasteiger partial charge in [0.05, 0.1) is 25.4 Å². The minimum absolute atomic E-state index is 0.00870. The zero-order chi connectivity index (χ0) is 53.6. The van der Waals surface area contributed by atoms with Crippen LogP contribution in [0.3, 0.4) is 0 Å². The maximum absolute atomic E-state index is 12.5. The van der Waals surface area contributed by atoms with Crippen molar-refractivity contribution in [2.24, 2.45) is 0 Å². The van der Waals surface area contributed by atoms with E-state index in [2.05, 4.69) is 31.3 Å². The zero-order valence-corrected chi connectivity index (χ0v) is 50.1. The van der Waals surface area contributed by atoms with E-state index >= 15 is 0 Å². The highest BCUT2D eigenvalue weighted by Gasteiger charge is 2.18. The lowest BCUT2D eigenvalue weighted by Gasteiger charge is -2.20. The second-order valence-electron chi connectivity index (χ2n) is 23.2. The van der Waals surface area contributed by atoms with Crippen LogP contribution in [0.25, 0.3) is 0 Å². The van der Waals surface area contributed by atoms with Crippen molar-refractivity contribution in [3.63, 3.8) is 0 Å². The van der Waals surface area contributed by atoms with Crippen molar-refractivity contribution in [1.82, 2.24) is 5.32 Å². The van der Waals surface area contributed by atoms with Crippen LogP contribution in [-0.2, 0) is 14.3 Å². The topological polar surface area (TPSA) is 95.9 Å². The second kappa shape index (κ2) is 63.9. The number of nitrogens with one attached hydrogen (secondary N) is 1. The number of carbonyl (C=O) groups is 2. The number of amides is 1. The summed E-state index contributed by atoms with van der Waals surface area (Å²) in [6.07, 6.45) is 79.4. The number of esters is 1. The van der Waals surface area contributed by atoms with Gasteiger partial charge in [-0.25, -0.2) is 0 Å². The Morgan fingerprint density at radius 2 is 0.635 bits per heavy atom. The molecule has 0 rings (SSSR count). The largest absolute Gasteiger partial charge is 0.466 e. The molecule has 0 bridgehead atoms. The van der Waals surface area contributed by atoms with Crippen molar-refractivity contribution in [1.29, 1.82) is 0 Å².